The number of rotatable bonds is 5. The smallest absolute Gasteiger partial charge is 0.162 e. The summed E-state index contributed by atoms with van der Waals surface area (Å²) in [7, 11) is 0. The van der Waals surface area contributed by atoms with E-state index in [2.05, 4.69) is 39.1 Å². The van der Waals surface area contributed by atoms with Crippen molar-refractivity contribution in [3.63, 3.8) is 0 Å². The fraction of sp³-hybridized carbons (Fsp3) is 0.600. The Morgan fingerprint density at radius 1 is 1.25 bits per heavy atom. The van der Waals surface area contributed by atoms with E-state index in [0.717, 1.165) is 42.2 Å². The second-order valence-corrected chi connectivity index (χ2v) is 6.22. The van der Waals surface area contributed by atoms with Crippen molar-refractivity contribution in [2.45, 2.75) is 25.9 Å². The Balaban J connectivity index is 1.78. The first-order chi connectivity index (χ1) is 9.78. The van der Waals surface area contributed by atoms with Gasteiger partial charge >= 0.3 is 0 Å². The summed E-state index contributed by atoms with van der Waals surface area (Å²) < 4.78 is 12.4. The fourth-order valence-electron chi connectivity index (χ4n) is 2.66. The van der Waals surface area contributed by atoms with Gasteiger partial charge < -0.3 is 14.8 Å². The van der Waals surface area contributed by atoms with Crippen LogP contribution in [0, 0.1) is 0 Å². The summed E-state index contributed by atoms with van der Waals surface area (Å²) in [6, 6.07) is 4.82. The third-order valence-electron chi connectivity index (χ3n) is 3.87. The second kappa shape index (κ2) is 6.33. The minimum atomic E-state index is 0.633. The molecule has 3 rings (SSSR count). The Hall–Kier alpha value is -0.780. The van der Waals surface area contributed by atoms with Gasteiger partial charge in [-0.15, -0.1) is 0 Å². The van der Waals surface area contributed by atoms with Gasteiger partial charge in [-0.25, -0.2) is 0 Å². The first kappa shape index (κ1) is 14.2. The van der Waals surface area contributed by atoms with Crippen LogP contribution in [-0.2, 0) is 6.54 Å². The monoisotopic (exact) mass is 340 g/mol. The molecule has 0 unspecified atom stereocenters. The fourth-order valence-corrected chi connectivity index (χ4v) is 3.10. The van der Waals surface area contributed by atoms with E-state index in [9.17, 15) is 0 Å². The van der Waals surface area contributed by atoms with Gasteiger partial charge in [-0.3, -0.25) is 4.90 Å². The Morgan fingerprint density at radius 2 is 1.95 bits per heavy atom. The maximum atomic E-state index is 5.68. The van der Waals surface area contributed by atoms with E-state index in [1.54, 1.807) is 0 Å². The molecule has 0 amide bonds. The van der Waals surface area contributed by atoms with Gasteiger partial charge in [0.15, 0.2) is 11.5 Å². The van der Waals surface area contributed by atoms with Crippen molar-refractivity contribution >= 4 is 15.9 Å². The van der Waals surface area contributed by atoms with Crippen LogP contribution in [0.15, 0.2) is 16.6 Å². The summed E-state index contributed by atoms with van der Waals surface area (Å²) in [6.07, 6.45) is 1.18. The maximum Gasteiger partial charge on any atom is 0.162 e. The van der Waals surface area contributed by atoms with Gasteiger partial charge in [-0.05, 0) is 30.7 Å². The van der Waals surface area contributed by atoms with Crippen LogP contribution in [0.5, 0.6) is 11.5 Å². The lowest BCUT2D eigenvalue weighted by atomic mass is 10.1. The zero-order valence-corrected chi connectivity index (χ0v) is 13.4. The molecule has 5 heteroatoms. The van der Waals surface area contributed by atoms with Crippen LogP contribution in [0.4, 0.5) is 0 Å². The van der Waals surface area contributed by atoms with Crippen molar-refractivity contribution in [2.24, 2.45) is 0 Å². The Kier molecular flexibility index (Phi) is 4.48. The number of fused-ring (bicyclic) bond motifs is 1. The number of benzene rings is 1. The molecule has 0 aromatic heterocycles. The van der Waals surface area contributed by atoms with Crippen molar-refractivity contribution in [1.29, 1.82) is 0 Å². The molecule has 0 bridgehead atoms. The van der Waals surface area contributed by atoms with E-state index in [4.69, 9.17) is 9.47 Å². The van der Waals surface area contributed by atoms with Crippen LogP contribution < -0.4 is 14.8 Å². The first-order valence-corrected chi connectivity index (χ1v) is 8.10. The highest BCUT2D eigenvalue weighted by atomic mass is 79.9. The molecule has 0 aliphatic carbocycles. The van der Waals surface area contributed by atoms with Crippen molar-refractivity contribution in [3.8, 4) is 11.5 Å². The SMILES string of the molecule is CCCN(Cc1cc2c(cc1Br)OCCO2)C1CNC1. The molecular weight excluding hydrogens is 320 g/mol. The van der Waals surface area contributed by atoms with Gasteiger partial charge in [0.1, 0.15) is 13.2 Å². The Labute approximate surface area is 128 Å². The molecule has 0 radical (unpaired) electrons. The third kappa shape index (κ3) is 2.95. The average molecular weight is 341 g/mol. The van der Waals surface area contributed by atoms with Crippen molar-refractivity contribution in [3.05, 3.63) is 22.2 Å². The molecule has 0 saturated carbocycles. The highest BCUT2D eigenvalue weighted by Crippen LogP contribution is 2.36. The molecule has 20 heavy (non-hydrogen) atoms. The zero-order chi connectivity index (χ0) is 13.9. The summed E-state index contributed by atoms with van der Waals surface area (Å²) in [5, 5.41) is 3.35. The van der Waals surface area contributed by atoms with E-state index in [1.165, 1.54) is 12.0 Å². The normalized spacial score (nSPS) is 18.1. The minimum Gasteiger partial charge on any atom is -0.486 e. The Morgan fingerprint density at radius 3 is 2.55 bits per heavy atom. The van der Waals surface area contributed by atoms with Gasteiger partial charge in [0.05, 0.1) is 0 Å². The minimum absolute atomic E-state index is 0.633. The third-order valence-corrected chi connectivity index (χ3v) is 4.61. The predicted molar refractivity (Wildman–Crippen MR) is 82.5 cm³/mol. The van der Waals surface area contributed by atoms with E-state index in [1.807, 2.05) is 6.07 Å². The predicted octanol–water partition coefficient (Wildman–Crippen LogP) is 2.40. The molecule has 2 aliphatic heterocycles. The topological polar surface area (TPSA) is 33.7 Å². The molecule has 0 spiro atoms. The van der Waals surface area contributed by atoms with Gasteiger partial charge in [0.25, 0.3) is 0 Å². The highest BCUT2D eigenvalue weighted by Gasteiger charge is 2.25. The van der Waals surface area contributed by atoms with Crippen LogP contribution in [0.1, 0.15) is 18.9 Å². The molecule has 2 heterocycles. The van der Waals surface area contributed by atoms with Gasteiger partial charge in [0, 0.05) is 30.1 Å². The van der Waals surface area contributed by atoms with Crippen LogP contribution in [0.25, 0.3) is 0 Å². The number of halogens is 1. The maximum absolute atomic E-state index is 5.68. The zero-order valence-electron chi connectivity index (χ0n) is 11.8. The standard InChI is InChI=1S/C15H21BrN2O2/c1-2-3-18(12-8-17-9-12)10-11-6-14-15(7-13(11)16)20-5-4-19-14/h6-7,12,17H,2-5,8-10H2,1H3. The number of ether oxygens (including phenoxy) is 2. The molecule has 1 fully saturated rings. The molecule has 1 aromatic rings. The summed E-state index contributed by atoms with van der Waals surface area (Å²) in [6.45, 7) is 7.79. The molecule has 110 valence electrons. The molecule has 4 nitrogen and oxygen atoms in total. The number of hydrogen-bond donors (Lipinski definition) is 1. The number of nitrogens with zero attached hydrogens (tertiary/aromatic N) is 1. The summed E-state index contributed by atoms with van der Waals surface area (Å²) in [5.41, 5.74) is 1.27. The van der Waals surface area contributed by atoms with Gasteiger partial charge in [-0.1, -0.05) is 22.9 Å². The van der Waals surface area contributed by atoms with Crippen molar-refractivity contribution in [1.82, 2.24) is 10.2 Å². The van der Waals surface area contributed by atoms with E-state index < -0.39 is 0 Å². The van der Waals surface area contributed by atoms with E-state index in [0.29, 0.717) is 19.3 Å². The van der Waals surface area contributed by atoms with Crippen molar-refractivity contribution in [2.75, 3.05) is 32.8 Å². The quantitative estimate of drug-likeness (QED) is 0.892. The highest BCUT2D eigenvalue weighted by molar-refractivity contribution is 9.10. The van der Waals surface area contributed by atoms with Crippen molar-refractivity contribution < 1.29 is 9.47 Å². The Bertz CT molecular complexity index is 477. The molecular formula is C15H21BrN2O2. The molecule has 2 aliphatic rings. The largest absolute Gasteiger partial charge is 0.486 e. The number of nitrogens with one attached hydrogen (secondary N) is 1. The molecule has 1 saturated heterocycles. The number of hydrogen-bond acceptors (Lipinski definition) is 4. The van der Waals surface area contributed by atoms with Crippen LogP contribution in [0.3, 0.4) is 0 Å². The van der Waals surface area contributed by atoms with Gasteiger partial charge in [-0.2, -0.15) is 0 Å². The second-order valence-electron chi connectivity index (χ2n) is 5.37. The first-order valence-electron chi connectivity index (χ1n) is 7.30. The summed E-state index contributed by atoms with van der Waals surface area (Å²) in [5.74, 6) is 1.72. The van der Waals surface area contributed by atoms with E-state index >= 15 is 0 Å². The lowest BCUT2D eigenvalue weighted by molar-refractivity contribution is 0.136. The van der Waals surface area contributed by atoms with Crippen LogP contribution in [0.2, 0.25) is 0 Å². The average Bonchev–Trinajstić information content (AvgIpc) is 2.38. The van der Waals surface area contributed by atoms with Crippen LogP contribution in [-0.4, -0.2) is 43.8 Å². The lowest BCUT2D eigenvalue weighted by Crippen LogP contribution is -2.57. The molecule has 0 atom stereocenters. The summed E-state index contributed by atoms with van der Waals surface area (Å²) >= 11 is 3.67. The van der Waals surface area contributed by atoms with Crippen LogP contribution >= 0.6 is 15.9 Å². The lowest BCUT2D eigenvalue weighted by Gasteiger charge is -2.38. The van der Waals surface area contributed by atoms with Gasteiger partial charge in [0.2, 0.25) is 0 Å². The molecule has 1 N–H and O–H groups in total. The molecule has 1 aromatic carbocycles. The summed E-state index contributed by atoms with van der Waals surface area (Å²) in [4.78, 5) is 2.55. The van der Waals surface area contributed by atoms with E-state index in [-0.39, 0.29) is 0 Å².